The van der Waals surface area contributed by atoms with E-state index in [0.29, 0.717) is 13.0 Å². The summed E-state index contributed by atoms with van der Waals surface area (Å²) >= 11 is 1.67. The summed E-state index contributed by atoms with van der Waals surface area (Å²) < 4.78 is 0. The number of nitrogens with one attached hydrogen (secondary N) is 2. The largest absolute Gasteiger partial charge is 0.338 e. The summed E-state index contributed by atoms with van der Waals surface area (Å²) in [6.45, 7) is 0.796. The molecule has 0 bridgehead atoms. The molecule has 2 aromatic heterocycles. The Labute approximate surface area is 186 Å². The summed E-state index contributed by atoms with van der Waals surface area (Å²) in [4.78, 5) is 36.7. The fraction of sp³-hybridized carbons (Fsp3) is 0.458. The first-order valence-corrected chi connectivity index (χ1v) is 12.2. The number of aromatic nitrogens is 2. The third kappa shape index (κ3) is 4.24. The topological polar surface area (TPSA) is 78.1 Å². The quantitative estimate of drug-likeness (QED) is 0.610. The van der Waals surface area contributed by atoms with Crippen LogP contribution < -0.4 is 5.32 Å². The van der Waals surface area contributed by atoms with Gasteiger partial charge in [-0.2, -0.15) is 0 Å². The fourth-order valence-corrected chi connectivity index (χ4v) is 6.00. The van der Waals surface area contributed by atoms with E-state index in [-0.39, 0.29) is 18.4 Å². The zero-order valence-electron chi connectivity index (χ0n) is 17.7. The number of nitrogens with zero attached hydrogens (tertiary/aromatic N) is 2. The number of anilines is 1. The number of amides is 2. The predicted molar refractivity (Wildman–Crippen MR) is 124 cm³/mol. The Morgan fingerprint density at radius 3 is 2.77 bits per heavy atom. The Bertz CT molecular complexity index is 1080. The minimum atomic E-state index is -0.120. The Morgan fingerprint density at radius 2 is 1.87 bits per heavy atom. The number of rotatable bonds is 4. The normalized spacial score (nSPS) is 17.3. The van der Waals surface area contributed by atoms with Crippen molar-refractivity contribution in [3.63, 3.8) is 0 Å². The number of carbonyl (C=O) groups excluding carboxylic acids is 2. The molecule has 2 aliphatic rings. The Morgan fingerprint density at radius 1 is 1.06 bits per heavy atom. The molecule has 1 aliphatic carbocycles. The molecule has 2 N–H and O–H groups in total. The zero-order chi connectivity index (χ0) is 21.2. The number of benzene rings is 1. The van der Waals surface area contributed by atoms with Crippen LogP contribution >= 0.6 is 11.3 Å². The number of aromatic amines is 1. The molecule has 5 rings (SSSR count). The van der Waals surface area contributed by atoms with Gasteiger partial charge < -0.3 is 15.2 Å². The van der Waals surface area contributed by atoms with Crippen LogP contribution in [0.1, 0.15) is 55.4 Å². The van der Waals surface area contributed by atoms with Gasteiger partial charge in [0.2, 0.25) is 11.8 Å². The van der Waals surface area contributed by atoms with Crippen LogP contribution in [0.4, 0.5) is 5.00 Å². The van der Waals surface area contributed by atoms with E-state index in [4.69, 9.17) is 4.98 Å². The van der Waals surface area contributed by atoms with Crippen molar-refractivity contribution in [1.82, 2.24) is 14.9 Å². The molecule has 2 amide bonds. The van der Waals surface area contributed by atoms with Crippen molar-refractivity contribution in [1.29, 1.82) is 0 Å². The van der Waals surface area contributed by atoms with Gasteiger partial charge in [0.25, 0.3) is 0 Å². The van der Waals surface area contributed by atoms with Gasteiger partial charge in [0.1, 0.15) is 10.8 Å². The van der Waals surface area contributed by atoms with Crippen LogP contribution in [-0.2, 0) is 22.4 Å². The van der Waals surface area contributed by atoms with Crippen molar-refractivity contribution in [3.05, 3.63) is 34.7 Å². The molecule has 0 spiro atoms. The summed E-state index contributed by atoms with van der Waals surface area (Å²) in [7, 11) is 0. The van der Waals surface area contributed by atoms with E-state index in [1.54, 1.807) is 16.2 Å². The monoisotopic (exact) mass is 436 g/mol. The van der Waals surface area contributed by atoms with Crippen molar-refractivity contribution >= 4 is 39.2 Å². The van der Waals surface area contributed by atoms with Crippen molar-refractivity contribution in [3.8, 4) is 11.4 Å². The van der Waals surface area contributed by atoms with E-state index in [1.165, 1.54) is 16.9 Å². The molecule has 1 fully saturated rings. The molecule has 3 aromatic rings. The van der Waals surface area contributed by atoms with Gasteiger partial charge in [-0.15, -0.1) is 11.3 Å². The third-order valence-electron chi connectivity index (χ3n) is 6.31. The van der Waals surface area contributed by atoms with Crippen molar-refractivity contribution < 1.29 is 9.59 Å². The smallest absolute Gasteiger partial charge is 0.244 e. The van der Waals surface area contributed by atoms with Crippen molar-refractivity contribution in [2.75, 3.05) is 18.4 Å². The second-order valence-electron chi connectivity index (χ2n) is 8.55. The number of carbonyl (C=O) groups is 2. The highest BCUT2D eigenvalue weighted by atomic mass is 32.1. The lowest BCUT2D eigenvalue weighted by atomic mass is 9.95. The number of hydrogen-bond acceptors (Lipinski definition) is 4. The summed E-state index contributed by atoms with van der Waals surface area (Å²) in [6, 6.07) is 8.01. The van der Waals surface area contributed by atoms with Crippen LogP contribution in [0.25, 0.3) is 22.4 Å². The maximum absolute atomic E-state index is 13.0. The van der Waals surface area contributed by atoms with Gasteiger partial charge >= 0.3 is 0 Å². The van der Waals surface area contributed by atoms with E-state index in [9.17, 15) is 9.59 Å². The van der Waals surface area contributed by atoms with Crippen LogP contribution in [0.2, 0.25) is 0 Å². The third-order valence-corrected chi connectivity index (χ3v) is 7.51. The second-order valence-corrected chi connectivity index (χ2v) is 9.65. The molecule has 1 saturated heterocycles. The average Bonchev–Trinajstić information content (AvgIpc) is 3.34. The van der Waals surface area contributed by atoms with Gasteiger partial charge in [0, 0.05) is 17.8 Å². The summed E-state index contributed by atoms with van der Waals surface area (Å²) in [6.07, 6.45) is 9.07. The number of para-hydroxylation sites is 2. The van der Waals surface area contributed by atoms with E-state index < -0.39 is 0 Å². The number of imidazole rings is 1. The number of fused-ring (bicyclic) bond motifs is 2. The standard InChI is InChI=1S/C24H28N4O2S/c29-20(15-28-14-8-2-1-3-13-21(28)30)27-24-22(16-9-4-7-12-19(16)31-24)23-25-17-10-5-6-11-18(17)26-23/h5-6,10-11H,1-4,7-9,12-15H2,(H,25,26)(H,27,29). The lowest BCUT2D eigenvalue weighted by Gasteiger charge is -2.24. The lowest BCUT2D eigenvalue weighted by Crippen LogP contribution is -2.39. The Hall–Kier alpha value is -2.67. The van der Waals surface area contributed by atoms with E-state index in [1.807, 2.05) is 24.3 Å². The first-order chi connectivity index (χ1) is 15.2. The molecule has 0 radical (unpaired) electrons. The average molecular weight is 437 g/mol. The molecule has 7 heteroatoms. The van der Waals surface area contributed by atoms with Crippen LogP contribution in [-0.4, -0.2) is 39.8 Å². The van der Waals surface area contributed by atoms with Gasteiger partial charge in [-0.3, -0.25) is 9.59 Å². The zero-order valence-corrected chi connectivity index (χ0v) is 18.5. The van der Waals surface area contributed by atoms with Crippen LogP contribution in [0.5, 0.6) is 0 Å². The second kappa shape index (κ2) is 8.83. The summed E-state index contributed by atoms with van der Waals surface area (Å²) in [5.41, 5.74) is 4.27. The Kier molecular flexibility index (Phi) is 5.76. The number of aryl methyl sites for hydroxylation is 1. The van der Waals surface area contributed by atoms with E-state index in [2.05, 4.69) is 10.3 Å². The molecule has 162 valence electrons. The van der Waals surface area contributed by atoms with Crippen LogP contribution in [0, 0.1) is 0 Å². The molecule has 6 nitrogen and oxygen atoms in total. The first kappa shape index (κ1) is 20.2. The SMILES string of the molecule is O=C(CN1CCCCCCC1=O)Nc1sc2c(c1-c1nc3ccccc3[nH]1)CCCC2. The van der Waals surface area contributed by atoms with Gasteiger partial charge in [0.15, 0.2) is 0 Å². The molecular weight excluding hydrogens is 408 g/mol. The highest BCUT2D eigenvalue weighted by molar-refractivity contribution is 7.17. The molecular formula is C24H28N4O2S. The molecule has 3 heterocycles. The molecule has 0 unspecified atom stereocenters. The summed E-state index contributed by atoms with van der Waals surface area (Å²) in [5, 5.41) is 4.00. The minimum Gasteiger partial charge on any atom is -0.338 e. The van der Waals surface area contributed by atoms with Crippen molar-refractivity contribution in [2.24, 2.45) is 0 Å². The highest BCUT2D eigenvalue weighted by Gasteiger charge is 2.26. The number of thiophene rings is 1. The molecule has 1 aliphatic heterocycles. The van der Waals surface area contributed by atoms with Gasteiger partial charge in [-0.25, -0.2) is 4.98 Å². The van der Waals surface area contributed by atoms with Gasteiger partial charge in [0.05, 0.1) is 23.1 Å². The fourth-order valence-electron chi connectivity index (χ4n) is 4.70. The van der Waals surface area contributed by atoms with Crippen molar-refractivity contribution in [2.45, 2.75) is 57.8 Å². The maximum atomic E-state index is 13.0. The molecule has 1 aromatic carbocycles. The van der Waals surface area contributed by atoms with Gasteiger partial charge in [-0.1, -0.05) is 25.0 Å². The molecule has 0 saturated carbocycles. The number of likely N-dealkylation sites (tertiary alicyclic amines) is 1. The number of hydrogen-bond donors (Lipinski definition) is 2. The highest BCUT2D eigenvalue weighted by Crippen LogP contribution is 2.43. The van der Waals surface area contributed by atoms with Gasteiger partial charge in [-0.05, 0) is 56.2 Å². The lowest BCUT2D eigenvalue weighted by molar-refractivity contribution is -0.135. The van der Waals surface area contributed by atoms with E-state index >= 15 is 0 Å². The predicted octanol–water partition coefficient (Wildman–Crippen LogP) is 4.90. The van der Waals surface area contributed by atoms with E-state index in [0.717, 1.165) is 72.4 Å². The molecule has 0 atom stereocenters. The molecule has 31 heavy (non-hydrogen) atoms. The Balaban J connectivity index is 1.43. The summed E-state index contributed by atoms with van der Waals surface area (Å²) in [5.74, 6) is 0.793. The van der Waals surface area contributed by atoms with Crippen LogP contribution in [0.3, 0.4) is 0 Å². The first-order valence-electron chi connectivity index (χ1n) is 11.4. The number of H-pyrrole nitrogens is 1. The van der Waals surface area contributed by atoms with Crippen LogP contribution in [0.15, 0.2) is 24.3 Å². The minimum absolute atomic E-state index is 0.0952. The maximum Gasteiger partial charge on any atom is 0.244 e.